The Kier molecular flexibility index (Phi) is 7.43. The first-order valence-electron chi connectivity index (χ1n) is 9.76. The number of hydrogen-bond acceptors (Lipinski definition) is 5. The molecule has 1 aromatic rings. The molecule has 0 aromatic heterocycles. The predicted molar refractivity (Wildman–Crippen MR) is 110 cm³/mol. The lowest BCUT2D eigenvalue weighted by Gasteiger charge is -2.36. The van der Waals surface area contributed by atoms with Gasteiger partial charge in [0.2, 0.25) is 5.91 Å². The van der Waals surface area contributed by atoms with Crippen LogP contribution in [0.5, 0.6) is 0 Å². The van der Waals surface area contributed by atoms with E-state index in [0.29, 0.717) is 26.2 Å². The molecule has 0 bridgehead atoms. The van der Waals surface area contributed by atoms with Crippen molar-refractivity contribution in [2.75, 3.05) is 31.6 Å². The van der Waals surface area contributed by atoms with Crippen LogP contribution < -0.4 is 10.6 Å². The van der Waals surface area contributed by atoms with Gasteiger partial charge in [0.25, 0.3) is 0 Å². The Bertz CT molecular complexity index is 699. The normalized spacial score (nSPS) is 19.0. The standard InChI is InChI=1S/C21H33N3O4/c1-14-7-8-18(15(2)11-14)23-19(25)16(3)24-9-10-27-17(13-24)12-22-20(26)28-21(4,5)6/h7-8,11,16-17H,9-10,12-13H2,1-6H3,(H,22,26)(H,23,25)/t16-,17+/m1/s1. The minimum Gasteiger partial charge on any atom is -0.444 e. The molecule has 2 N–H and O–H groups in total. The van der Waals surface area contributed by atoms with Gasteiger partial charge >= 0.3 is 6.09 Å². The Labute approximate surface area is 167 Å². The third kappa shape index (κ3) is 6.80. The molecule has 2 atom stereocenters. The van der Waals surface area contributed by atoms with Crippen LogP contribution in [0.15, 0.2) is 18.2 Å². The molecule has 2 rings (SSSR count). The van der Waals surface area contributed by atoms with Gasteiger partial charge in [-0.1, -0.05) is 17.7 Å². The number of aryl methyl sites for hydroxylation is 2. The summed E-state index contributed by atoms with van der Waals surface area (Å²) in [6.45, 7) is 13.5. The number of rotatable bonds is 5. The fourth-order valence-electron chi connectivity index (χ4n) is 3.09. The number of nitrogens with zero attached hydrogens (tertiary/aromatic N) is 1. The molecule has 0 aliphatic carbocycles. The molecule has 0 spiro atoms. The van der Waals surface area contributed by atoms with Crippen molar-refractivity contribution >= 4 is 17.7 Å². The fraction of sp³-hybridized carbons (Fsp3) is 0.619. The highest BCUT2D eigenvalue weighted by Gasteiger charge is 2.28. The number of anilines is 1. The number of carbonyl (C=O) groups is 2. The average molecular weight is 392 g/mol. The summed E-state index contributed by atoms with van der Waals surface area (Å²) in [6, 6.07) is 5.67. The third-order valence-electron chi connectivity index (χ3n) is 4.61. The summed E-state index contributed by atoms with van der Waals surface area (Å²) in [5.41, 5.74) is 2.50. The molecule has 0 unspecified atom stereocenters. The molecule has 1 heterocycles. The molecule has 0 saturated carbocycles. The van der Waals surface area contributed by atoms with Crippen LogP contribution in [0.2, 0.25) is 0 Å². The van der Waals surface area contributed by atoms with E-state index >= 15 is 0 Å². The van der Waals surface area contributed by atoms with Gasteiger partial charge in [0, 0.05) is 25.3 Å². The molecule has 7 heteroatoms. The van der Waals surface area contributed by atoms with Crippen molar-refractivity contribution in [3.8, 4) is 0 Å². The molecule has 156 valence electrons. The van der Waals surface area contributed by atoms with E-state index < -0.39 is 11.7 Å². The van der Waals surface area contributed by atoms with E-state index in [9.17, 15) is 9.59 Å². The zero-order valence-corrected chi connectivity index (χ0v) is 17.8. The van der Waals surface area contributed by atoms with Gasteiger partial charge in [-0.15, -0.1) is 0 Å². The quantitative estimate of drug-likeness (QED) is 0.807. The molecule has 2 amide bonds. The Hall–Kier alpha value is -2.12. The second-order valence-corrected chi connectivity index (χ2v) is 8.35. The number of hydrogen-bond donors (Lipinski definition) is 2. The first-order chi connectivity index (χ1) is 13.0. The summed E-state index contributed by atoms with van der Waals surface area (Å²) in [4.78, 5) is 26.6. The second-order valence-electron chi connectivity index (χ2n) is 8.35. The molecule has 28 heavy (non-hydrogen) atoms. The molecule has 1 aliphatic heterocycles. The highest BCUT2D eigenvalue weighted by molar-refractivity contribution is 5.95. The monoisotopic (exact) mass is 391 g/mol. The first kappa shape index (κ1) is 22.2. The Balaban J connectivity index is 1.86. The number of amides is 2. The molecule has 1 saturated heterocycles. The smallest absolute Gasteiger partial charge is 0.407 e. The van der Waals surface area contributed by atoms with Crippen LogP contribution in [0.3, 0.4) is 0 Å². The maximum atomic E-state index is 12.7. The van der Waals surface area contributed by atoms with Gasteiger partial charge in [-0.2, -0.15) is 0 Å². The van der Waals surface area contributed by atoms with Crippen molar-refractivity contribution in [2.24, 2.45) is 0 Å². The summed E-state index contributed by atoms with van der Waals surface area (Å²) in [7, 11) is 0. The zero-order chi connectivity index (χ0) is 20.9. The number of ether oxygens (including phenoxy) is 2. The minimum atomic E-state index is -0.537. The van der Waals surface area contributed by atoms with Crippen molar-refractivity contribution in [3.05, 3.63) is 29.3 Å². The minimum absolute atomic E-state index is 0.0484. The number of benzene rings is 1. The van der Waals surface area contributed by atoms with Crippen molar-refractivity contribution in [2.45, 2.75) is 59.3 Å². The molecule has 1 fully saturated rings. The highest BCUT2D eigenvalue weighted by Crippen LogP contribution is 2.17. The highest BCUT2D eigenvalue weighted by atomic mass is 16.6. The molecule has 1 aliphatic rings. The summed E-state index contributed by atoms with van der Waals surface area (Å²) in [5, 5.41) is 5.75. The lowest BCUT2D eigenvalue weighted by atomic mass is 10.1. The van der Waals surface area contributed by atoms with Gasteiger partial charge in [-0.25, -0.2) is 4.79 Å². The van der Waals surface area contributed by atoms with Crippen molar-refractivity contribution < 1.29 is 19.1 Å². The van der Waals surface area contributed by atoms with Gasteiger partial charge < -0.3 is 20.1 Å². The third-order valence-corrected chi connectivity index (χ3v) is 4.61. The number of nitrogens with one attached hydrogen (secondary N) is 2. The van der Waals surface area contributed by atoms with Crippen LogP contribution >= 0.6 is 0 Å². The maximum absolute atomic E-state index is 12.7. The maximum Gasteiger partial charge on any atom is 0.407 e. The van der Waals surface area contributed by atoms with Crippen molar-refractivity contribution in [1.29, 1.82) is 0 Å². The summed E-state index contributed by atoms with van der Waals surface area (Å²) < 4.78 is 11.0. The predicted octanol–water partition coefficient (Wildman–Crippen LogP) is 2.86. The van der Waals surface area contributed by atoms with Crippen LogP contribution in [0, 0.1) is 13.8 Å². The van der Waals surface area contributed by atoms with E-state index in [2.05, 4.69) is 15.5 Å². The molecular formula is C21H33N3O4. The Morgan fingerprint density at radius 1 is 1.32 bits per heavy atom. The van der Waals surface area contributed by atoms with Crippen molar-refractivity contribution in [1.82, 2.24) is 10.2 Å². The summed E-state index contributed by atoms with van der Waals surface area (Å²) in [5.74, 6) is -0.0484. The zero-order valence-electron chi connectivity index (χ0n) is 17.8. The SMILES string of the molecule is Cc1ccc(NC(=O)[C@@H](C)N2CCO[C@@H](CNC(=O)OC(C)(C)C)C2)c(C)c1. The van der Waals surface area contributed by atoms with Gasteiger partial charge in [-0.3, -0.25) is 9.69 Å². The van der Waals surface area contributed by atoms with Crippen LogP contribution in [-0.2, 0) is 14.3 Å². The fourth-order valence-corrected chi connectivity index (χ4v) is 3.09. The van der Waals surface area contributed by atoms with E-state index in [1.165, 1.54) is 0 Å². The summed E-state index contributed by atoms with van der Waals surface area (Å²) in [6.07, 6.45) is -0.647. The van der Waals surface area contributed by atoms with Crippen molar-refractivity contribution in [3.63, 3.8) is 0 Å². The van der Waals surface area contributed by atoms with E-state index in [1.54, 1.807) is 0 Å². The first-order valence-corrected chi connectivity index (χ1v) is 9.76. The lowest BCUT2D eigenvalue weighted by molar-refractivity contribution is -0.124. The van der Waals surface area contributed by atoms with E-state index in [0.717, 1.165) is 16.8 Å². The summed E-state index contributed by atoms with van der Waals surface area (Å²) >= 11 is 0. The topological polar surface area (TPSA) is 79.9 Å². The van der Waals surface area contributed by atoms with E-state index in [1.807, 2.05) is 59.7 Å². The van der Waals surface area contributed by atoms with E-state index in [-0.39, 0.29) is 18.1 Å². The number of morpholine rings is 1. The van der Waals surface area contributed by atoms with Crippen LogP contribution in [0.25, 0.3) is 0 Å². The van der Waals surface area contributed by atoms with Crippen LogP contribution in [0.1, 0.15) is 38.8 Å². The number of carbonyl (C=O) groups excluding carboxylic acids is 2. The Morgan fingerprint density at radius 2 is 2.04 bits per heavy atom. The molecule has 1 aromatic carbocycles. The van der Waals surface area contributed by atoms with Gasteiger partial charge in [0.1, 0.15) is 5.60 Å². The van der Waals surface area contributed by atoms with Crippen LogP contribution in [-0.4, -0.2) is 60.9 Å². The molecule has 7 nitrogen and oxygen atoms in total. The largest absolute Gasteiger partial charge is 0.444 e. The van der Waals surface area contributed by atoms with Gasteiger partial charge in [-0.05, 0) is 53.2 Å². The van der Waals surface area contributed by atoms with Crippen LogP contribution in [0.4, 0.5) is 10.5 Å². The van der Waals surface area contributed by atoms with Gasteiger partial charge in [0.05, 0.1) is 18.8 Å². The van der Waals surface area contributed by atoms with E-state index in [4.69, 9.17) is 9.47 Å². The Morgan fingerprint density at radius 3 is 2.68 bits per heavy atom. The molecular weight excluding hydrogens is 358 g/mol. The number of alkyl carbamates (subject to hydrolysis) is 1. The molecule has 0 radical (unpaired) electrons. The van der Waals surface area contributed by atoms with Gasteiger partial charge in [0.15, 0.2) is 0 Å². The lowest BCUT2D eigenvalue weighted by Crippen LogP contribution is -2.53. The second kappa shape index (κ2) is 9.39. The average Bonchev–Trinajstić information content (AvgIpc) is 2.60.